The van der Waals surface area contributed by atoms with E-state index in [4.69, 9.17) is 5.11 Å². The maximum Gasteiger partial charge on any atom is 0.303 e. The normalized spacial score (nSPS) is 13.8. The van der Waals surface area contributed by atoms with Crippen LogP contribution in [0.25, 0.3) is 0 Å². The van der Waals surface area contributed by atoms with Crippen molar-refractivity contribution in [2.24, 2.45) is 0 Å². The molecule has 0 bridgehead atoms. The average Bonchev–Trinajstić information content (AvgIpc) is 2.54. The molecule has 0 rings (SSSR count). The number of carboxylic acid groups (broad SMARTS) is 1. The van der Waals surface area contributed by atoms with Crippen LogP contribution in [0.1, 0.15) is 110 Å². The summed E-state index contributed by atoms with van der Waals surface area (Å²) in [7, 11) is 0. The van der Waals surface area contributed by atoms with Crippen LogP contribution in [0.4, 0.5) is 0 Å². The van der Waals surface area contributed by atoms with Crippen LogP contribution in [0, 0.1) is 0 Å². The third-order valence-corrected chi connectivity index (χ3v) is 4.64. The monoisotopic (exact) mass is 344 g/mol. The van der Waals surface area contributed by atoms with Crippen molar-refractivity contribution in [1.82, 2.24) is 0 Å². The first-order valence-corrected chi connectivity index (χ1v) is 10.1. The Morgan fingerprint density at radius 1 is 0.667 bits per heavy atom. The summed E-state index contributed by atoms with van der Waals surface area (Å²) in [5, 5.41) is 28.3. The van der Waals surface area contributed by atoms with Gasteiger partial charge in [-0.3, -0.25) is 4.79 Å². The van der Waals surface area contributed by atoms with Crippen molar-refractivity contribution >= 4 is 5.97 Å². The second-order valence-corrected chi connectivity index (χ2v) is 7.14. The van der Waals surface area contributed by atoms with Crippen molar-refractivity contribution in [3.63, 3.8) is 0 Å². The van der Waals surface area contributed by atoms with E-state index in [9.17, 15) is 15.0 Å². The Balaban J connectivity index is 3.28. The Labute approximate surface area is 148 Å². The number of carbonyl (C=O) groups is 1. The van der Waals surface area contributed by atoms with Gasteiger partial charge in [0, 0.05) is 6.42 Å². The predicted octanol–water partition coefficient (Wildman–Crippen LogP) is 5.05. The minimum absolute atomic E-state index is 0.122. The van der Waals surface area contributed by atoms with Crippen molar-refractivity contribution < 1.29 is 20.1 Å². The summed E-state index contributed by atoms with van der Waals surface area (Å²) < 4.78 is 0. The molecule has 4 heteroatoms. The number of unbranched alkanes of at least 4 members (excludes halogenated alkanes) is 8. The number of carboxylic acids is 1. The lowest BCUT2D eigenvalue weighted by molar-refractivity contribution is -0.137. The lowest BCUT2D eigenvalue weighted by atomic mass is 10.0. The van der Waals surface area contributed by atoms with Gasteiger partial charge in [-0.2, -0.15) is 0 Å². The first kappa shape index (κ1) is 23.4. The van der Waals surface area contributed by atoms with Crippen LogP contribution < -0.4 is 0 Å². The smallest absolute Gasteiger partial charge is 0.303 e. The Kier molecular flexibility index (Phi) is 16.8. The van der Waals surface area contributed by atoms with Gasteiger partial charge >= 0.3 is 5.97 Å². The molecule has 0 heterocycles. The lowest BCUT2D eigenvalue weighted by Crippen LogP contribution is -2.07. The van der Waals surface area contributed by atoms with Gasteiger partial charge < -0.3 is 15.3 Å². The molecule has 0 aromatic carbocycles. The van der Waals surface area contributed by atoms with Crippen molar-refractivity contribution in [2.45, 2.75) is 122 Å². The molecule has 0 aromatic rings. The zero-order valence-electron chi connectivity index (χ0n) is 15.7. The summed E-state index contributed by atoms with van der Waals surface area (Å²) in [5.74, 6) is -0.719. The fraction of sp³-hybridized carbons (Fsp3) is 0.950. The molecule has 24 heavy (non-hydrogen) atoms. The zero-order chi connectivity index (χ0) is 18.0. The summed E-state index contributed by atoms with van der Waals surface area (Å²) in [6, 6.07) is 0. The Morgan fingerprint density at radius 2 is 1.04 bits per heavy atom. The van der Waals surface area contributed by atoms with Crippen LogP contribution in [-0.2, 0) is 4.79 Å². The summed E-state index contributed by atoms with van der Waals surface area (Å²) in [6.45, 7) is 2.18. The molecule has 0 saturated carbocycles. The third-order valence-electron chi connectivity index (χ3n) is 4.64. The SMILES string of the molecule is CCCCCC(O)CCCCCCC(O)CCCCCCC(=O)O. The maximum atomic E-state index is 10.4. The van der Waals surface area contributed by atoms with Crippen molar-refractivity contribution in [3.05, 3.63) is 0 Å². The number of aliphatic carboxylic acids is 1. The van der Waals surface area contributed by atoms with E-state index >= 15 is 0 Å². The molecule has 0 amide bonds. The molecule has 0 aliphatic rings. The average molecular weight is 345 g/mol. The fourth-order valence-electron chi connectivity index (χ4n) is 3.04. The van der Waals surface area contributed by atoms with Crippen molar-refractivity contribution in [2.75, 3.05) is 0 Å². The minimum Gasteiger partial charge on any atom is -0.481 e. The van der Waals surface area contributed by atoms with E-state index < -0.39 is 5.97 Å². The first-order chi connectivity index (χ1) is 11.6. The zero-order valence-corrected chi connectivity index (χ0v) is 15.7. The molecule has 0 aromatic heterocycles. The predicted molar refractivity (Wildman–Crippen MR) is 99.2 cm³/mol. The highest BCUT2D eigenvalue weighted by Crippen LogP contribution is 2.15. The molecule has 0 aliphatic carbocycles. The standard InChI is InChI=1S/C20H40O4/c1-2-3-8-13-18(21)14-9-4-5-10-15-19(22)16-11-6-7-12-17-20(23)24/h18-19,21-22H,2-17H2,1H3,(H,23,24). The molecule has 3 N–H and O–H groups in total. The number of hydrogen-bond acceptors (Lipinski definition) is 3. The van der Waals surface area contributed by atoms with Crippen LogP contribution in [0.3, 0.4) is 0 Å². The molecular weight excluding hydrogens is 304 g/mol. The molecular formula is C20H40O4. The molecule has 0 saturated heterocycles. The number of aliphatic hydroxyl groups is 2. The second-order valence-electron chi connectivity index (χ2n) is 7.14. The van der Waals surface area contributed by atoms with Gasteiger partial charge in [-0.1, -0.05) is 71.1 Å². The molecule has 2 atom stereocenters. The van der Waals surface area contributed by atoms with Gasteiger partial charge in [0.1, 0.15) is 0 Å². The molecule has 0 radical (unpaired) electrons. The molecule has 0 aliphatic heterocycles. The van der Waals surface area contributed by atoms with Crippen molar-refractivity contribution in [1.29, 1.82) is 0 Å². The quantitative estimate of drug-likeness (QED) is 0.304. The molecule has 0 spiro atoms. The second kappa shape index (κ2) is 17.2. The van der Waals surface area contributed by atoms with Crippen LogP contribution in [0.2, 0.25) is 0 Å². The van der Waals surface area contributed by atoms with Gasteiger partial charge in [-0.15, -0.1) is 0 Å². The third kappa shape index (κ3) is 17.7. The van der Waals surface area contributed by atoms with Crippen LogP contribution in [0.5, 0.6) is 0 Å². The van der Waals surface area contributed by atoms with Crippen LogP contribution in [-0.4, -0.2) is 33.5 Å². The van der Waals surface area contributed by atoms with Gasteiger partial charge in [0.25, 0.3) is 0 Å². The first-order valence-electron chi connectivity index (χ1n) is 10.1. The van der Waals surface area contributed by atoms with Gasteiger partial charge in [-0.25, -0.2) is 0 Å². The summed E-state index contributed by atoms with van der Waals surface area (Å²) in [4.78, 5) is 10.4. The Hall–Kier alpha value is -0.610. The summed E-state index contributed by atoms with van der Waals surface area (Å²) >= 11 is 0. The number of aliphatic hydroxyl groups excluding tert-OH is 2. The van der Waals surface area contributed by atoms with E-state index in [1.54, 1.807) is 0 Å². The number of hydrogen-bond donors (Lipinski definition) is 3. The largest absolute Gasteiger partial charge is 0.481 e. The summed E-state index contributed by atoms with van der Waals surface area (Å²) in [6.07, 6.45) is 15.2. The van der Waals surface area contributed by atoms with E-state index in [-0.39, 0.29) is 18.6 Å². The van der Waals surface area contributed by atoms with E-state index in [1.165, 1.54) is 12.8 Å². The highest BCUT2D eigenvalue weighted by molar-refractivity contribution is 5.66. The highest BCUT2D eigenvalue weighted by atomic mass is 16.4. The topological polar surface area (TPSA) is 77.8 Å². The molecule has 144 valence electrons. The fourth-order valence-corrected chi connectivity index (χ4v) is 3.04. The van der Waals surface area contributed by atoms with E-state index in [1.807, 2.05) is 0 Å². The van der Waals surface area contributed by atoms with E-state index in [0.717, 1.165) is 83.5 Å². The minimum atomic E-state index is -0.719. The molecule has 2 unspecified atom stereocenters. The highest BCUT2D eigenvalue weighted by Gasteiger charge is 2.06. The van der Waals surface area contributed by atoms with Crippen molar-refractivity contribution in [3.8, 4) is 0 Å². The van der Waals surface area contributed by atoms with Gasteiger partial charge in [0.2, 0.25) is 0 Å². The number of rotatable bonds is 18. The van der Waals surface area contributed by atoms with Gasteiger partial charge in [-0.05, 0) is 32.1 Å². The van der Waals surface area contributed by atoms with E-state index in [2.05, 4.69) is 6.92 Å². The Bertz CT molecular complexity index is 281. The molecule has 0 fully saturated rings. The van der Waals surface area contributed by atoms with E-state index in [0.29, 0.717) is 0 Å². The van der Waals surface area contributed by atoms with Gasteiger partial charge in [0.15, 0.2) is 0 Å². The summed E-state index contributed by atoms with van der Waals surface area (Å²) in [5.41, 5.74) is 0. The van der Waals surface area contributed by atoms with Crippen LogP contribution >= 0.6 is 0 Å². The maximum absolute atomic E-state index is 10.4. The molecule has 4 nitrogen and oxygen atoms in total. The lowest BCUT2D eigenvalue weighted by Gasteiger charge is -2.11. The van der Waals surface area contributed by atoms with Crippen LogP contribution in [0.15, 0.2) is 0 Å². The van der Waals surface area contributed by atoms with Gasteiger partial charge in [0.05, 0.1) is 12.2 Å². The Morgan fingerprint density at radius 3 is 1.42 bits per heavy atom.